The van der Waals surface area contributed by atoms with E-state index in [0.717, 1.165) is 24.4 Å². The Labute approximate surface area is 115 Å². The van der Waals surface area contributed by atoms with Gasteiger partial charge in [0.1, 0.15) is 12.4 Å². The second-order valence-electron chi connectivity index (χ2n) is 4.91. The molecule has 100 valence electrons. The van der Waals surface area contributed by atoms with Crippen molar-refractivity contribution in [3.63, 3.8) is 0 Å². The molecular formula is C15H22ClNO. The molecule has 0 saturated heterocycles. The molecule has 3 heteroatoms. The lowest BCUT2D eigenvalue weighted by atomic mass is 10.2. The molecular weight excluding hydrogens is 246 g/mol. The first-order chi connectivity index (χ1) is 8.61. The van der Waals surface area contributed by atoms with E-state index in [1.54, 1.807) is 5.54 Å². The van der Waals surface area contributed by atoms with E-state index in [9.17, 15) is 0 Å². The van der Waals surface area contributed by atoms with Crippen molar-refractivity contribution in [1.29, 1.82) is 0 Å². The lowest BCUT2D eigenvalue weighted by Crippen LogP contribution is -2.18. The molecule has 0 amide bonds. The van der Waals surface area contributed by atoms with E-state index in [0.29, 0.717) is 12.5 Å². The van der Waals surface area contributed by atoms with Crippen LogP contribution < -0.4 is 10.1 Å². The molecule has 0 saturated carbocycles. The summed E-state index contributed by atoms with van der Waals surface area (Å²) in [4.78, 5) is 0. The summed E-state index contributed by atoms with van der Waals surface area (Å²) in [7, 11) is 0. The molecule has 0 spiro atoms. The molecule has 0 atom stereocenters. The van der Waals surface area contributed by atoms with E-state index >= 15 is 0 Å². The number of ether oxygens (including phenoxy) is 1. The average molecular weight is 268 g/mol. The van der Waals surface area contributed by atoms with Crippen LogP contribution in [0, 0.1) is 5.92 Å². The third-order valence-corrected chi connectivity index (χ3v) is 2.83. The predicted octanol–water partition coefficient (Wildman–Crippen LogP) is 3.95. The van der Waals surface area contributed by atoms with Crippen LogP contribution in [0.4, 0.5) is 0 Å². The first-order valence-electron chi connectivity index (χ1n) is 6.30. The maximum Gasteiger partial charge on any atom is 0.119 e. The van der Waals surface area contributed by atoms with Crippen molar-refractivity contribution in [2.24, 2.45) is 5.92 Å². The van der Waals surface area contributed by atoms with Gasteiger partial charge in [0, 0.05) is 12.1 Å². The van der Waals surface area contributed by atoms with Gasteiger partial charge in [-0.1, -0.05) is 37.6 Å². The molecule has 18 heavy (non-hydrogen) atoms. The van der Waals surface area contributed by atoms with Crippen molar-refractivity contribution in [2.75, 3.05) is 13.2 Å². The van der Waals surface area contributed by atoms with Crippen molar-refractivity contribution in [2.45, 2.75) is 27.3 Å². The van der Waals surface area contributed by atoms with Crippen LogP contribution in [0.25, 0.3) is 0 Å². The number of benzene rings is 1. The third kappa shape index (κ3) is 6.08. The minimum atomic E-state index is 0.536. The van der Waals surface area contributed by atoms with Crippen LogP contribution in [0.15, 0.2) is 35.4 Å². The Kier molecular flexibility index (Phi) is 6.84. The Morgan fingerprint density at radius 2 is 2.00 bits per heavy atom. The third-order valence-electron chi connectivity index (χ3n) is 2.46. The van der Waals surface area contributed by atoms with Crippen molar-refractivity contribution in [1.82, 2.24) is 5.32 Å². The van der Waals surface area contributed by atoms with E-state index in [1.165, 1.54) is 5.56 Å². The smallest absolute Gasteiger partial charge is 0.119 e. The maximum absolute atomic E-state index is 5.58. The van der Waals surface area contributed by atoms with Gasteiger partial charge in [-0.15, -0.1) is 0 Å². The van der Waals surface area contributed by atoms with Crippen molar-refractivity contribution < 1.29 is 4.74 Å². The molecule has 0 unspecified atom stereocenters. The van der Waals surface area contributed by atoms with Gasteiger partial charge in [0.15, 0.2) is 0 Å². The van der Waals surface area contributed by atoms with Crippen LogP contribution in [0.3, 0.4) is 0 Å². The van der Waals surface area contributed by atoms with E-state index < -0.39 is 0 Å². The van der Waals surface area contributed by atoms with Gasteiger partial charge in [-0.05, 0) is 42.7 Å². The standard InChI is InChI=1S/C15H22ClNO/c1-12(2)9-17-10-14-4-6-15(7-5-14)18-11-13(3)8-16/h4-8,12,17H,9-11H2,1-3H3/b13-8+. The molecule has 2 nitrogen and oxygen atoms in total. The summed E-state index contributed by atoms with van der Waals surface area (Å²) in [6.45, 7) is 8.83. The fraction of sp³-hybridized carbons (Fsp3) is 0.467. The first-order valence-corrected chi connectivity index (χ1v) is 6.73. The van der Waals surface area contributed by atoms with Crippen molar-refractivity contribution in [3.8, 4) is 5.75 Å². The van der Waals surface area contributed by atoms with E-state index in [-0.39, 0.29) is 0 Å². The molecule has 0 heterocycles. The number of hydrogen-bond donors (Lipinski definition) is 1. The summed E-state index contributed by atoms with van der Waals surface area (Å²) in [5.74, 6) is 1.55. The SMILES string of the molecule is C/C(=C\Cl)COc1ccc(CNCC(C)C)cc1. The lowest BCUT2D eigenvalue weighted by molar-refractivity contribution is 0.352. The molecule has 0 radical (unpaired) electrons. The highest BCUT2D eigenvalue weighted by molar-refractivity contribution is 6.25. The Hall–Kier alpha value is -0.990. The van der Waals surface area contributed by atoms with E-state index in [2.05, 4.69) is 31.3 Å². The number of nitrogens with one attached hydrogen (secondary N) is 1. The molecule has 0 aliphatic heterocycles. The van der Waals surface area contributed by atoms with Gasteiger partial charge >= 0.3 is 0 Å². The van der Waals surface area contributed by atoms with Gasteiger partial charge in [-0.3, -0.25) is 0 Å². The Morgan fingerprint density at radius 1 is 1.33 bits per heavy atom. The first kappa shape index (κ1) is 15.1. The highest BCUT2D eigenvalue weighted by Gasteiger charge is 1.97. The lowest BCUT2D eigenvalue weighted by Gasteiger charge is -2.09. The van der Waals surface area contributed by atoms with Crippen LogP contribution in [-0.2, 0) is 6.54 Å². The van der Waals surface area contributed by atoms with Crippen LogP contribution in [0.5, 0.6) is 5.75 Å². The minimum Gasteiger partial charge on any atom is -0.489 e. The fourth-order valence-electron chi connectivity index (χ4n) is 1.44. The normalized spacial score (nSPS) is 11.9. The second kappa shape index (κ2) is 8.17. The number of hydrogen-bond acceptors (Lipinski definition) is 2. The number of rotatable bonds is 7. The zero-order valence-corrected chi connectivity index (χ0v) is 12.1. The van der Waals surface area contributed by atoms with Gasteiger partial charge in [0.2, 0.25) is 0 Å². The summed E-state index contributed by atoms with van der Waals surface area (Å²) in [5, 5.41) is 3.41. The molecule has 0 aromatic heterocycles. The highest BCUT2D eigenvalue weighted by atomic mass is 35.5. The monoisotopic (exact) mass is 267 g/mol. The van der Waals surface area contributed by atoms with Crippen LogP contribution in [-0.4, -0.2) is 13.2 Å². The van der Waals surface area contributed by atoms with Gasteiger partial charge < -0.3 is 10.1 Å². The predicted molar refractivity (Wildman–Crippen MR) is 78.1 cm³/mol. The Balaban J connectivity index is 2.37. The largest absolute Gasteiger partial charge is 0.489 e. The number of halogens is 1. The zero-order valence-electron chi connectivity index (χ0n) is 11.4. The second-order valence-corrected chi connectivity index (χ2v) is 5.13. The van der Waals surface area contributed by atoms with Gasteiger partial charge in [-0.25, -0.2) is 0 Å². The molecule has 0 fully saturated rings. The summed E-state index contributed by atoms with van der Waals surface area (Å²) < 4.78 is 5.58. The van der Waals surface area contributed by atoms with Crippen LogP contribution >= 0.6 is 11.6 Å². The zero-order chi connectivity index (χ0) is 13.4. The quantitative estimate of drug-likeness (QED) is 0.808. The minimum absolute atomic E-state index is 0.536. The summed E-state index contributed by atoms with van der Waals surface area (Å²) in [5.41, 5.74) is 3.83. The van der Waals surface area contributed by atoms with Crippen molar-refractivity contribution in [3.05, 3.63) is 40.9 Å². The van der Waals surface area contributed by atoms with Crippen LogP contribution in [0.2, 0.25) is 0 Å². The molecule has 1 N–H and O–H groups in total. The summed E-state index contributed by atoms with van der Waals surface area (Å²) >= 11 is 5.58. The van der Waals surface area contributed by atoms with Gasteiger partial charge in [0.05, 0.1) is 0 Å². The van der Waals surface area contributed by atoms with Crippen molar-refractivity contribution >= 4 is 11.6 Å². The van der Waals surface area contributed by atoms with Gasteiger partial charge in [-0.2, -0.15) is 0 Å². The Morgan fingerprint density at radius 3 is 2.56 bits per heavy atom. The summed E-state index contributed by atoms with van der Waals surface area (Å²) in [6, 6.07) is 8.16. The molecule has 0 aliphatic rings. The van der Waals surface area contributed by atoms with E-state index in [1.807, 2.05) is 19.1 Å². The van der Waals surface area contributed by atoms with E-state index in [4.69, 9.17) is 16.3 Å². The Bertz CT molecular complexity index is 371. The molecule has 0 aliphatic carbocycles. The molecule has 1 aromatic rings. The van der Waals surface area contributed by atoms with Gasteiger partial charge in [0.25, 0.3) is 0 Å². The molecule has 0 bridgehead atoms. The van der Waals surface area contributed by atoms with Crippen LogP contribution in [0.1, 0.15) is 26.3 Å². The topological polar surface area (TPSA) is 21.3 Å². The molecule has 1 aromatic carbocycles. The maximum atomic E-state index is 5.58. The fourth-order valence-corrected chi connectivity index (χ4v) is 1.50. The summed E-state index contributed by atoms with van der Waals surface area (Å²) in [6.07, 6.45) is 0. The highest BCUT2D eigenvalue weighted by Crippen LogP contribution is 2.13. The average Bonchev–Trinajstić information content (AvgIpc) is 2.37. The molecule has 1 rings (SSSR count).